The molecule has 2 N–H and O–H groups in total. The highest BCUT2D eigenvalue weighted by Crippen LogP contribution is 2.06. The van der Waals surface area contributed by atoms with Crippen molar-refractivity contribution in [2.24, 2.45) is 0 Å². The summed E-state index contributed by atoms with van der Waals surface area (Å²) in [5, 5.41) is 11.9. The predicted molar refractivity (Wildman–Crippen MR) is 71.4 cm³/mol. The van der Waals surface area contributed by atoms with Crippen molar-refractivity contribution in [1.29, 1.82) is 0 Å². The molecule has 0 aromatic heterocycles. The second kappa shape index (κ2) is 10.0. The molecule has 4 nitrogen and oxygen atoms in total. The first-order valence-corrected chi connectivity index (χ1v) is 6.33. The van der Waals surface area contributed by atoms with Gasteiger partial charge in [-0.2, -0.15) is 0 Å². The van der Waals surface area contributed by atoms with Gasteiger partial charge in [-0.15, -0.1) is 0 Å². The molecule has 0 fully saturated rings. The van der Waals surface area contributed by atoms with Crippen LogP contribution < -0.4 is 5.32 Å². The van der Waals surface area contributed by atoms with Crippen molar-refractivity contribution in [3.8, 4) is 0 Å². The van der Waals surface area contributed by atoms with E-state index in [9.17, 15) is 0 Å². The summed E-state index contributed by atoms with van der Waals surface area (Å²) in [5.41, 5.74) is 2.46. The number of aliphatic hydroxyl groups excluding tert-OH is 1. The SMILES string of the molecule is COCc1cccc(CNCCCOCCO)c1. The van der Waals surface area contributed by atoms with E-state index < -0.39 is 0 Å². The van der Waals surface area contributed by atoms with E-state index in [0.717, 1.165) is 19.5 Å². The van der Waals surface area contributed by atoms with Crippen LogP contribution in [0, 0.1) is 0 Å². The second-order valence-electron chi connectivity index (χ2n) is 4.12. The zero-order valence-corrected chi connectivity index (χ0v) is 11.0. The summed E-state index contributed by atoms with van der Waals surface area (Å²) in [5.74, 6) is 0. The van der Waals surface area contributed by atoms with Gasteiger partial charge in [-0.05, 0) is 24.1 Å². The summed E-state index contributed by atoms with van der Waals surface area (Å²) < 4.78 is 10.3. The number of ether oxygens (including phenoxy) is 2. The van der Waals surface area contributed by atoms with Crippen LogP contribution in [0.5, 0.6) is 0 Å². The molecule has 0 unspecified atom stereocenters. The number of hydrogen-bond acceptors (Lipinski definition) is 4. The van der Waals surface area contributed by atoms with Gasteiger partial charge in [0, 0.05) is 20.3 Å². The summed E-state index contributed by atoms with van der Waals surface area (Å²) in [6, 6.07) is 8.37. The number of benzene rings is 1. The second-order valence-corrected chi connectivity index (χ2v) is 4.12. The molecule has 0 heterocycles. The van der Waals surface area contributed by atoms with Crippen LogP contribution in [0.25, 0.3) is 0 Å². The fraction of sp³-hybridized carbons (Fsp3) is 0.571. The molecule has 1 rings (SSSR count). The molecule has 0 bridgehead atoms. The Kier molecular flexibility index (Phi) is 8.42. The Labute approximate surface area is 109 Å². The topological polar surface area (TPSA) is 50.7 Å². The largest absolute Gasteiger partial charge is 0.394 e. The zero-order valence-electron chi connectivity index (χ0n) is 11.0. The van der Waals surface area contributed by atoms with Crippen LogP contribution in [0.4, 0.5) is 0 Å². The molecule has 1 aromatic carbocycles. The normalized spacial score (nSPS) is 10.8. The van der Waals surface area contributed by atoms with Crippen LogP contribution >= 0.6 is 0 Å². The Bertz CT molecular complexity index is 318. The third-order valence-electron chi connectivity index (χ3n) is 2.51. The molecule has 0 saturated carbocycles. The van der Waals surface area contributed by atoms with Crippen molar-refractivity contribution in [3.05, 3.63) is 35.4 Å². The lowest BCUT2D eigenvalue weighted by molar-refractivity contribution is 0.0907. The van der Waals surface area contributed by atoms with E-state index in [1.165, 1.54) is 11.1 Å². The van der Waals surface area contributed by atoms with Gasteiger partial charge >= 0.3 is 0 Å². The minimum absolute atomic E-state index is 0.0969. The molecule has 18 heavy (non-hydrogen) atoms. The molecule has 0 atom stereocenters. The van der Waals surface area contributed by atoms with Gasteiger partial charge in [0.25, 0.3) is 0 Å². The lowest BCUT2D eigenvalue weighted by atomic mass is 10.1. The third-order valence-corrected chi connectivity index (χ3v) is 2.51. The Morgan fingerprint density at radius 2 is 2.06 bits per heavy atom. The van der Waals surface area contributed by atoms with Gasteiger partial charge < -0.3 is 19.9 Å². The molecule has 0 aliphatic rings. The molecule has 0 aliphatic heterocycles. The van der Waals surface area contributed by atoms with Crippen LogP contribution in [0.1, 0.15) is 17.5 Å². The van der Waals surface area contributed by atoms with E-state index in [0.29, 0.717) is 19.8 Å². The summed E-state index contributed by atoms with van der Waals surface area (Å²) in [4.78, 5) is 0. The van der Waals surface area contributed by atoms with Crippen LogP contribution in [0.2, 0.25) is 0 Å². The molecule has 0 amide bonds. The Balaban J connectivity index is 2.13. The number of methoxy groups -OCH3 is 1. The molecule has 1 aromatic rings. The highest BCUT2D eigenvalue weighted by atomic mass is 16.5. The summed E-state index contributed by atoms with van der Waals surface area (Å²) in [7, 11) is 1.71. The molecule has 0 spiro atoms. The van der Waals surface area contributed by atoms with Crippen LogP contribution in [-0.2, 0) is 22.6 Å². The van der Waals surface area contributed by atoms with Gasteiger partial charge in [-0.25, -0.2) is 0 Å². The van der Waals surface area contributed by atoms with Crippen molar-refractivity contribution in [2.75, 3.05) is 33.5 Å². The maximum absolute atomic E-state index is 8.54. The Morgan fingerprint density at radius 3 is 2.83 bits per heavy atom. The molecule has 0 saturated heterocycles. The third kappa shape index (κ3) is 6.71. The highest BCUT2D eigenvalue weighted by molar-refractivity contribution is 5.22. The fourth-order valence-electron chi connectivity index (χ4n) is 1.69. The van der Waals surface area contributed by atoms with Crippen molar-refractivity contribution in [1.82, 2.24) is 5.32 Å². The van der Waals surface area contributed by atoms with Crippen LogP contribution in [0.3, 0.4) is 0 Å². The van der Waals surface area contributed by atoms with E-state index in [-0.39, 0.29) is 6.61 Å². The van der Waals surface area contributed by atoms with E-state index in [1.807, 2.05) is 0 Å². The first-order chi connectivity index (χ1) is 8.86. The van der Waals surface area contributed by atoms with E-state index in [2.05, 4.69) is 29.6 Å². The molecule has 102 valence electrons. The van der Waals surface area contributed by atoms with Crippen LogP contribution in [-0.4, -0.2) is 38.6 Å². The molecule has 0 aliphatic carbocycles. The van der Waals surface area contributed by atoms with E-state index in [1.54, 1.807) is 7.11 Å². The van der Waals surface area contributed by atoms with Gasteiger partial charge in [0.15, 0.2) is 0 Å². The lowest BCUT2D eigenvalue weighted by Crippen LogP contribution is -2.16. The van der Waals surface area contributed by atoms with Crippen molar-refractivity contribution < 1.29 is 14.6 Å². The van der Waals surface area contributed by atoms with Gasteiger partial charge in [-0.3, -0.25) is 0 Å². The maximum atomic E-state index is 8.54. The quantitative estimate of drug-likeness (QED) is 0.618. The van der Waals surface area contributed by atoms with Crippen molar-refractivity contribution in [2.45, 2.75) is 19.6 Å². The number of aliphatic hydroxyl groups is 1. The number of rotatable bonds is 10. The fourth-order valence-corrected chi connectivity index (χ4v) is 1.69. The first kappa shape index (κ1) is 15.1. The molecule has 4 heteroatoms. The zero-order chi connectivity index (χ0) is 13.1. The monoisotopic (exact) mass is 253 g/mol. The maximum Gasteiger partial charge on any atom is 0.0713 e. The van der Waals surface area contributed by atoms with E-state index in [4.69, 9.17) is 14.6 Å². The summed E-state index contributed by atoms with van der Waals surface area (Å²) in [6.45, 7) is 3.65. The first-order valence-electron chi connectivity index (χ1n) is 6.33. The van der Waals surface area contributed by atoms with Crippen molar-refractivity contribution >= 4 is 0 Å². The molecule has 0 radical (unpaired) electrons. The molecular formula is C14H23NO3. The number of nitrogens with one attached hydrogen (secondary N) is 1. The van der Waals surface area contributed by atoms with E-state index >= 15 is 0 Å². The lowest BCUT2D eigenvalue weighted by Gasteiger charge is -2.07. The minimum atomic E-state index is 0.0969. The summed E-state index contributed by atoms with van der Waals surface area (Å²) in [6.07, 6.45) is 0.956. The van der Waals surface area contributed by atoms with Crippen molar-refractivity contribution in [3.63, 3.8) is 0 Å². The predicted octanol–water partition coefficient (Wildman–Crippen LogP) is 1.32. The van der Waals surface area contributed by atoms with Gasteiger partial charge in [0.2, 0.25) is 0 Å². The Morgan fingerprint density at radius 1 is 1.22 bits per heavy atom. The smallest absolute Gasteiger partial charge is 0.0713 e. The molecular weight excluding hydrogens is 230 g/mol. The average molecular weight is 253 g/mol. The van der Waals surface area contributed by atoms with Crippen LogP contribution in [0.15, 0.2) is 24.3 Å². The standard InChI is InChI=1S/C14H23NO3/c1-17-12-14-5-2-4-13(10-14)11-15-6-3-8-18-9-7-16/h2,4-5,10,15-16H,3,6-9,11-12H2,1H3. The summed E-state index contributed by atoms with van der Waals surface area (Å²) >= 11 is 0. The Hall–Kier alpha value is -0.940. The van der Waals surface area contributed by atoms with Gasteiger partial charge in [0.1, 0.15) is 0 Å². The minimum Gasteiger partial charge on any atom is -0.394 e. The van der Waals surface area contributed by atoms with Gasteiger partial charge in [-0.1, -0.05) is 24.3 Å². The highest BCUT2D eigenvalue weighted by Gasteiger charge is 1.96. The number of hydrogen-bond donors (Lipinski definition) is 2. The van der Waals surface area contributed by atoms with Gasteiger partial charge in [0.05, 0.1) is 19.8 Å². The average Bonchev–Trinajstić information content (AvgIpc) is 2.39.